The van der Waals surface area contributed by atoms with Crippen molar-refractivity contribution in [2.75, 3.05) is 6.54 Å². The van der Waals surface area contributed by atoms with Crippen LogP contribution in [0.25, 0.3) is 0 Å². The molecule has 2 aromatic rings. The molecule has 3 nitrogen and oxygen atoms in total. The molecule has 0 saturated heterocycles. The maximum absolute atomic E-state index is 13.0. The molecule has 0 unspecified atom stereocenters. The molecule has 0 saturated carbocycles. The van der Waals surface area contributed by atoms with E-state index in [0.717, 1.165) is 30.6 Å². The zero-order chi connectivity index (χ0) is 14.4. The second kappa shape index (κ2) is 7.01. The normalized spacial score (nSPS) is 10.6. The minimum atomic E-state index is -0.259. The molecule has 1 aromatic heterocycles. The summed E-state index contributed by atoms with van der Waals surface area (Å²) in [6, 6.07) is 6.42. The summed E-state index contributed by atoms with van der Waals surface area (Å²) in [4.78, 5) is 4.17. The van der Waals surface area contributed by atoms with Gasteiger partial charge in [0.15, 0.2) is 0 Å². The smallest absolute Gasteiger partial charge is 0.146 e. The minimum absolute atomic E-state index is 0.259. The molecule has 1 N–H and O–H groups in total. The van der Waals surface area contributed by atoms with Crippen LogP contribution in [0.4, 0.5) is 4.39 Å². The van der Waals surface area contributed by atoms with Crippen molar-refractivity contribution < 1.29 is 9.13 Å². The number of aryl methyl sites for hydroxylation is 1. The Hall–Kier alpha value is -1.94. The zero-order valence-corrected chi connectivity index (χ0v) is 11.8. The lowest BCUT2D eigenvalue weighted by Gasteiger charge is -2.10. The molecule has 0 amide bonds. The van der Waals surface area contributed by atoms with Gasteiger partial charge in [-0.25, -0.2) is 4.39 Å². The first-order chi connectivity index (χ1) is 9.69. The van der Waals surface area contributed by atoms with Crippen LogP contribution in [0.3, 0.4) is 0 Å². The van der Waals surface area contributed by atoms with Crippen molar-refractivity contribution in [1.29, 1.82) is 0 Å². The molecule has 1 aromatic carbocycles. The summed E-state index contributed by atoms with van der Waals surface area (Å²) in [6.07, 6.45) is 4.57. The Bertz CT molecular complexity index is 572. The van der Waals surface area contributed by atoms with Crippen molar-refractivity contribution in [1.82, 2.24) is 10.3 Å². The number of nitrogens with zero attached hydrogens (tertiary/aromatic N) is 1. The lowest BCUT2D eigenvalue weighted by atomic mass is 10.2. The topological polar surface area (TPSA) is 34.2 Å². The maximum atomic E-state index is 13.0. The van der Waals surface area contributed by atoms with Crippen molar-refractivity contribution in [3.8, 4) is 11.5 Å². The third-order valence-electron chi connectivity index (χ3n) is 2.89. The number of aromatic nitrogens is 1. The highest BCUT2D eigenvalue weighted by atomic mass is 19.1. The Morgan fingerprint density at radius 2 is 2.10 bits per heavy atom. The van der Waals surface area contributed by atoms with E-state index in [9.17, 15) is 4.39 Å². The second-order valence-electron chi connectivity index (χ2n) is 4.72. The lowest BCUT2D eigenvalue weighted by molar-refractivity contribution is 0.473. The van der Waals surface area contributed by atoms with Gasteiger partial charge in [-0.1, -0.05) is 6.92 Å². The summed E-state index contributed by atoms with van der Waals surface area (Å²) >= 11 is 0. The predicted molar refractivity (Wildman–Crippen MR) is 77.4 cm³/mol. The molecule has 0 spiro atoms. The Morgan fingerprint density at radius 1 is 1.25 bits per heavy atom. The van der Waals surface area contributed by atoms with Crippen molar-refractivity contribution in [2.24, 2.45) is 0 Å². The van der Waals surface area contributed by atoms with Gasteiger partial charge < -0.3 is 10.1 Å². The molecule has 106 valence electrons. The molecule has 0 aliphatic heterocycles. The van der Waals surface area contributed by atoms with Gasteiger partial charge in [0, 0.05) is 12.7 Å². The number of benzene rings is 1. The van der Waals surface area contributed by atoms with Crippen molar-refractivity contribution in [2.45, 2.75) is 26.8 Å². The molecule has 2 rings (SSSR count). The monoisotopic (exact) mass is 274 g/mol. The number of halogens is 1. The molecule has 1 heterocycles. The van der Waals surface area contributed by atoms with E-state index in [2.05, 4.69) is 17.2 Å². The molecule has 4 heteroatoms. The van der Waals surface area contributed by atoms with Gasteiger partial charge in [0.2, 0.25) is 0 Å². The van der Waals surface area contributed by atoms with E-state index >= 15 is 0 Å². The minimum Gasteiger partial charge on any atom is -0.455 e. The van der Waals surface area contributed by atoms with E-state index in [1.54, 1.807) is 12.3 Å². The average molecular weight is 274 g/mol. The van der Waals surface area contributed by atoms with Crippen LogP contribution in [0.5, 0.6) is 11.5 Å². The summed E-state index contributed by atoms with van der Waals surface area (Å²) in [5.74, 6) is 1.05. The molecule has 0 bridgehead atoms. The quantitative estimate of drug-likeness (QED) is 0.813. The summed E-state index contributed by atoms with van der Waals surface area (Å²) in [6.45, 7) is 5.68. The highest BCUT2D eigenvalue weighted by Gasteiger charge is 2.04. The van der Waals surface area contributed by atoms with Gasteiger partial charge in [-0.05, 0) is 55.3 Å². The molecule has 0 aliphatic rings. The van der Waals surface area contributed by atoms with Gasteiger partial charge in [0.25, 0.3) is 0 Å². The fourth-order valence-electron chi connectivity index (χ4n) is 1.88. The first-order valence-corrected chi connectivity index (χ1v) is 6.77. The van der Waals surface area contributed by atoms with Gasteiger partial charge in [-0.2, -0.15) is 0 Å². The van der Waals surface area contributed by atoms with E-state index in [1.807, 2.05) is 19.2 Å². The van der Waals surface area contributed by atoms with Crippen LogP contribution >= 0.6 is 0 Å². The zero-order valence-electron chi connectivity index (χ0n) is 11.8. The SMILES string of the molecule is CCCNCc1cncc(Oc2ccc(F)cc2C)c1. The lowest BCUT2D eigenvalue weighted by Crippen LogP contribution is -2.13. The first-order valence-electron chi connectivity index (χ1n) is 6.77. The molecule has 0 fully saturated rings. The number of ether oxygens (including phenoxy) is 1. The second-order valence-corrected chi connectivity index (χ2v) is 4.72. The molecule has 0 aliphatic carbocycles. The van der Waals surface area contributed by atoms with Crippen LogP contribution in [0.1, 0.15) is 24.5 Å². The summed E-state index contributed by atoms with van der Waals surface area (Å²) in [5.41, 5.74) is 1.83. The predicted octanol–water partition coefficient (Wildman–Crippen LogP) is 3.82. The van der Waals surface area contributed by atoms with Crippen LogP contribution in [0, 0.1) is 12.7 Å². The fourth-order valence-corrected chi connectivity index (χ4v) is 1.88. The van der Waals surface area contributed by atoms with E-state index in [0.29, 0.717) is 11.5 Å². The van der Waals surface area contributed by atoms with Gasteiger partial charge >= 0.3 is 0 Å². The van der Waals surface area contributed by atoms with Crippen LogP contribution < -0.4 is 10.1 Å². The highest BCUT2D eigenvalue weighted by molar-refractivity contribution is 5.37. The van der Waals surface area contributed by atoms with Gasteiger partial charge in [-0.15, -0.1) is 0 Å². The maximum Gasteiger partial charge on any atom is 0.146 e. The third kappa shape index (κ3) is 4.03. The Morgan fingerprint density at radius 3 is 2.85 bits per heavy atom. The molecular weight excluding hydrogens is 255 g/mol. The average Bonchev–Trinajstić information content (AvgIpc) is 2.43. The van der Waals surface area contributed by atoms with Crippen molar-refractivity contribution in [3.63, 3.8) is 0 Å². The molecule has 20 heavy (non-hydrogen) atoms. The molecule has 0 atom stereocenters. The van der Waals surface area contributed by atoms with Crippen LogP contribution in [-0.2, 0) is 6.54 Å². The van der Waals surface area contributed by atoms with Gasteiger partial charge in [-0.3, -0.25) is 4.98 Å². The number of pyridine rings is 1. The Balaban J connectivity index is 2.07. The molecule has 0 radical (unpaired) electrons. The van der Waals surface area contributed by atoms with Crippen LogP contribution in [0.2, 0.25) is 0 Å². The number of nitrogens with one attached hydrogen (secondary N) is 1. The fraction of sp³-hybridized carbons (Fsp3) is 0.312. The van der Waals surface area contributed by atoms with E-state index < -0.39 is 0 Å². The summed E-state index contributed by atoms with van der Waals surface area (Å²) in [7, 11) is 0. The number of hydrogen-bond acceptors (Lipinski definition) is 3. The number of hydrogen-bond donors (Lipinski definition) is 1. The largest absolute Gasteiger partial charge is 0.455 e. The van der Waals surface area contributed by atoms with E-state index in [-0.39, 0.29) is 5.82 Å². The third-order valence-corrected chi connectivity index (χ3v) is 2.89. The van der Waals surface area contributed by atoms with Gasteiger partial charge in [0.05, 0.1) is 6.20 Å². The molecular formula is C16H19FN2O. The first kappa shape index (κ1) is 14.5. The Kier molecular flexibility index (Phi) is 5.07. The summed E-state index contributed by atoms with van der Waals surface area (Å²) in [5, 5.41) is 3.32. The summed E-state index contributed by atoms with van der Waals surface area (Å²) < 4.78 is 18.8. The van der Waals surface area contributed by atoms with Crippen LogP contribution in [-0.4, -0.2) is 11.5 Å². The van der Waals surface area contributed by atoms with Crippen LogP contribution in [0.15, 0.2) is 36.7 Å². The van der Waals surface area contributed by atoms with Crippen molar-refractivity contribution in [3.05, 3.63) is 53.6 Å². The van der Waals surface area contributed by atoms with E-state index in [4.69, 9.17) is 4.74 Å². The highest BCUT2D eigenvalue weighted by Crippen LogP contribution is 2.25. The van der Waals surface area contributed by atoms with E-state index in [1.165, 1.54) is 12.1 Å². The standard InChI is InChI=1S/C16H19FN2O/c1-3-6-18-9-13-8-15(11-19-10-13)20-16-5-4-14(17)7-12(16)2/h4-5,7-8,10-11,18H,3,6,9H2,1-2H3. The number of rotatable bonds is 6. The van der Waals surface area contributed by atoms with Gasteiger partial charge in [0.1, 0.15) is 17.3 Å². The van der Waals surface area contributed by atoms with Crippen molar-refractivity contribution >= 4 is 0 Å². The Labute approximate surface area is 118 Å².